The Labute approximate surface area is 137 Å². The van der Waals surface area contributed by atoms with Crippen LogP contribution in [-0.2, 0) is 4.74 Å². The van der Waals surface area contributed by atoms with Crippen LogP contribution in [0, 0.1) is 0 Å². The van der Waals surface area contributed by atoms with Crippen molar-refractivity contribution < 1.29 is 14.3 Å². The molecule has 1 saturated heterocycles. The Hall–Kier alpha value is -1.92. The third kappa shape index (κ3) is 5.04. The Bertz CT molecular complexity index is 540. The largest absolute Gasteiger partial charge is 0.385 e. The molecule has 6 nitrogen and oxygen atoms in total. The third-order valence-electron chi connectivity index (χ3n) is 3.97. The zero-order valence-corrected chi connectivity index (χ0v) is 13.9. The molecule has 1 N–H and O–H groups in total. The van der Waals surface area contributed by atoms with E-state index in [1.807, 2.05) is 4.90 Å². The van der Waals surface area contributed by atoms with Gasteiger partial charge in [0, 0.05) is 57.6 Å². The third-order valence-corrected chi connectivity index (χ3v) is 3.97. The average molecular weight is 319 g/mol. The van der Waals surface area contributed by atoms with Gasteiger partial charge in [-0.15, -0.1) is 0 Å². The molecule has 0 saturated carbocycles. The quantitative estimate of drug-likeness (QED) is 0.790. The molecule has 1 aliphatic heterocycles. The van der Waals surface area contributed by atoms with Crippen LogP contribution in [0.1, 0.15) is 27.1 Å². The van der Waals surface area contributed by atoms with Crippen LogP contribution < -0.4 is 5.32 Å². The van der Waals surface area contributed by atoms with Crippen molar-refractivity contribution in [1.29, 1.82) is 0 Å². The summed E-state index contributed by atoms with van der Waals surface area (Å²) >= 11 is 0. The number of rotatable bonds is 6. The molecule has 23 heavy (non-hydrogen) atoms. The summed E-state index contributed by atoms with van der Waals surface area (Å²) in [5.41, 5.74) is 1.08. The van der Waals surface area contributed by atoms with E-state index in [0.29, 0.717) is 24.3 Å². The second kappa shape index (κ2) is 8.64. The highest BCUT2D eigenvalue weighted by Gasteiger charge is 2.20. The molecule has 0 spiro atoms. The summed E-state index contributed by atoms with van der Waals surface area (Å²) in [6, 6.07) is 6.93. The van der Waals surface area contributed by atoms with Gasteiger partial charge in [0.1, 0.15) is 0 Å². The second-order valence-corrected chi connectivity index (χ2v) is 5.78. The maximum Gasteiger partial charge on any atom is 0.253 e. The molecule has 6 heteroatoms. The van der Waals surface area contributed by atoms with Crippen molar-refractivity contribution in [3.8, 4) is 0 Å². The lowest BCUT2D eigenvalue weighted by Gasteiger charge is -2.32. The smallest absolute Gasteiger partial charge is 0.253 e. The van der Waals surface area contributed by atoms with Crippen LogP contribution in [0.15, 0.2) is 24.3 Å². The summed E-state index contributed by atoms with van der Waals surface area (Å²) in [4.78, 5) is 28.7. The summed E-state index contributed by atoms with van der Waals surface area (Å²) in [5.74, 6) is -0.165. The minimum atomic E-state index is -0.158. The van der Waals surface area contributed by atoms with Crippen LogP contribution in [0.5, 0.6) is 0 Å². The zero-order valence-electron chi connectivity index (χ0n) is 13.9. The Kier molecular flexibility index (Phi) is 6.55. The monoisotopic (exact) mass is 319 g/mol. The number of likely N-dealkylation sites (N-methyl/N-ethyl adjacent to an activating group) is 1. The van der Waals surface area contributed by atoms with Gasteiger partial charge < -0.3 is 19.9 Å². The van der Waals surface area contributed by atoms with Crippen LogP contribution in [0.4, 0.5) is 0 Å². The molecule has 0 atom stereocenters. The van der Waals surface area contributed by atoms with Gasteiger partial charge in [0.25, 0.3) is 11.8 Å². The number of nitrogens with one attached hydrogen (secondary N) is 1. The van der Waals surface area contributed by atoms with Gasteiger partial charge in [0.15, 0.2) is 0 Å². The van der Waals surface area contributed by atoms with Crippen molar-refractivity contribution in [2.75, 3.05) is 53.5 Å². The number of carbonyl (C=O) groups excluding carboxylic acids is 2. The normalized spacial score (nSPS) is 15.5. The Morgan fingerprint density at radius 2 is 1.87 bits per heavy atom. The molecule has 0 unspecified atom stereocenters. The highest BCUT2D eigenvalue weighted by Crippen LogP contribution is 2.11. The number of benzene rings is 1. The number of carbonyl (C=O) groups is 2. The first-order chi connectivity index (χ1) is 11.1. The fraction of sp³-hybridized carbons (Fsp3) is 0.529. The molecule has 0 aromatic heterocycles. The number of hydrogen-bond donors (Lipinski definition) is 1. The molecule has 1 aromatic rings. The molecule has 1 fully saturated rings. The Morgan fingerprint density at radius 1 is 1.17 bits per heavy atom. The van der Waals surface area contributed by atoms with E-state index in [0.717, 1.165) is 32.6 Å². The van der Waals surface area contributed by atoms with E-state index in [1.165, 1.54) is 0 Å². The molecule has 2 amide bonds. The molecule has 0 bridgehead atoms. The molecule has 0 aliphatic carbocycles. The zero-order chi connectivity index (χ0) is 16.7. The Morgan fingerprint density at radius 3 is 2.57 bits per heavy atom. The van der Waals surface area contributed by atoms with Crippen LogP contribution in [-0.4, -0.2) is 75.1 Å². The summed E-state index contributed by atoms with van der Waals surface area (Å²) < 4.78 is 4.95. The van der Waals surface area contributed by atoms with Gasteiger partial charge in [0.2, 0.25) is 0 Å². The second-order valence-electron chi connectivity index (χ2n) is 5.78. The number of piperazine rings is 1. The molecule has 1 heterocycles. The van der Waals surface area contributed by atoms with Gasteiger partial charge >= 0.3 is 0 Å². The van der Waals surface area contributed by atoms with Crippen LogP contribution in [0.3, 0.4) is 0 Å². The number of nitrogens with zero attached hydrogens (tertiary/aromatic N) is 2. The lowest BCUT2D eigenvalue weighted by molar-refractivity contribution is 0.0664. The number of hydrogen-bond acceptors (Lipinski definition) is 4. The molecular formula is C17H25N3O3. The summed E-state index contributed by atoms with van der Waals surface area (Å²) in [6.07, 6.45) is 0.766. The molecule has 1 aliphatic rings. The van der Waals surface area contributed by atoms with Crippen molar-refractivity contribution in [3.05, 3.63) is 35.4 Å². The van der Waals surface area contributed by atoms with Gasteiger partial charge in [-0.3, -0.25) is 9.59 Å². The average Bonchev–Trinajstić information content (AvgIpc) is 2.59. The van der Waals surface area contributed by atoms with Crippen LogP contribution in [0.25, 0.3) is 0 Å². The van der Waals surface area contributed by atoms with E-state index in [-0.39, 0.29) is 11.8 Å². The SMILES string of the molecule is COCCCNC(=O)c1cccc(C(=O)N2CCN(C)CC2)c1. The minimum Gasteiger partial charge on any atom is -0.385 e. The standard InChI is InChI=1S/C17H25N3O3/c1-19-8-10-20(11-9-19)17(22)15-6-3-5-14(13-15)16(21)18-7-4-12-23-2/h3,5-6,13H,4,7-12H2,1-2H3,(H,18,21). The topological polar surface area (TPSA) is 61.9 Å². The first kappa shape index (κ1) is 17.4. The number of methoxy groups -OCH3 is 1. The van der Waals surface area contributed by atoms with Crippen LogP contribution >= 0.6 is 0 Å². The van der Waals surface area contributed by atoms with Crippen molar-refractivity contribution in [3.63, 3.8) is 0 Å². The number of ether oxygens (including phenoxy) is 1. The predicted molar refractivity (Wildman–Crippen MR) is 88.7 cm³/mol. The molecule has 126 valence electrons. The maximum atomic E-state index is 12.5. The predicted octanol–water partition coefficient (Wildman–Crippen LogP) is 0.841. The van der Waals surface area contributed by atoms with Crippen molar-refractivity contribution in [2.24, 2.45) is 0 Å². The number of amides is 2. The summed E-state index contributed by atoms with van der Waals surface area (Å²) in [7, 11) is 3.69. The Balaban J connectivity index is 1.96. The molecule has 0 radical (unpaired) electrons. The van der Waals surface area contributed by atoms with Crippen molar-refractivity contribution in [1.82, 2.24) is 15.1 Å². The fourth-order valence-corrected chi connectivity index (χ4v) is 2.51. The molecule has 1 aromatic carbocycles. The molecule has 2 rings (SSSR count). The first-order valence-corrected chi connectivity index (χ1v) is 7.97. The maximum absolute atomic E-state index is 12.5. The summed E-state index contributed by atoms with van der Waals surface area (Å²) in [5, 5.41) is 2.83. The summed E-state index contributed by atoms with van der Waals surface area (Å²) in [6.45, 7) is 4.38. The van der Waals surface area contributed by atoms with Crippen LogP contribution in [0.2, 0.25) is 0 Å². The molecular weight excluding hydrogens is 294 g/mol. The van der Waals surface area contributed by atoms with E-state index in [9.17, 15) is 9.59 Å². The van der Waals surface area contributed by atoms with Gasteiger partial charge in [0.05, 0.1) is 0 Å². The fourth-order valence-electron chi connectivity index (χ4n) is 2.51. The first-order valence-electron chi connectivity index (χ1n) is 7.97. The van der Waals surface area contributed by atoms with Gasteiger partial charge in [-0.1, -0.05) is 6.07 Å². The van der Waals surface area contributed by atoms with Gasteiger partial charge in [-0.05, 0) is 31.7 Å². The van der Waals surface area contributed by atoms with Gasteiger partial charge in [-0.2, -0.15) is 0 Å². The van der Waals surface area contributed by atoms with Gasteiger partial charge in [-0.25, -0.2) is 0 Å². The van der Waals surface area contributed by atoms with E-state index in [1.54, 1.807) is 31.4 Å². The van der Waals surface area contributed by atoms with E-state index >= 15 is 0 Å². The van der Waals surface area contributed by atoms with Crippen molar-refractivity contribution >= 4 is 11.8 Å². The lowest BCUT2D eigenvalue weighted by atomic mass is 10.1. The highest BCUT2D eigenvalue weighted by atomic mass is 16.5. The minimum absolute atomic E-state index is 0.00728. The van der Waals surface area contributed by atoms with E-state index in [2.05, 4.69) is 17.3 Å². The van der Waals surface area contributed by atoms with Crippen molar-refractivity contribution in [2.45, 2.75) is 6.42 Å². The van der Waals surface area contributed by atoms with E-state index < -0.39 is 0 Å². The lowest BCUT2D eigenvalue weighted by Crippen LogP contribution is -2.47. The van der Waals surface area contributed by atoms with E-state index in [4.69, 9.17) is 4.74 Å². The highest BCUT2D eigenvalue weighted by molar-refractivity contribution is 5.99.